The summed E-state index contributed by atoms with van der Waals surface area (Å²) < 4.78 is 50.7. The minimum absolute atomic E-state index is 0.190. The molecule has 0 saturated carbocycles. The first-order valence-corrected chi connectivity index (χ1v) is 12.4. The number of benzene rings is 2. The van der Waals surface area contributed by atoms with Crippen molar-refractivity contribution in [1.82, 2.24) is 14.8 Å². The first-order chi connectivity index (χ1) is 16.8. The van der Waals surface area contributed by atoms with Crippen LogP contribution in [0, 0.1) is 0 Å². The summed E-state index contributed by atoms with van der Waals surface area (Å²) in [6.45, 7) is 7.78. The zero-order chi connectivity index (χ0) is 24.4. The summed E-state index contributed by atoms with van der Waals surface area (Å²) in [6.07, 6.45) is -2.05. The number of fused-ring (bicyclic) bond motifs is 1. The molecule has 0 aliphatic carbocycles. The molecule has 1 saturated heterocycles. The Morgan fingerprint density at radius 3 is 2.51 bits per heavy atom. The van der Waals surface area contributed by atoms with Gasteiger partial charge in [0.15, 0.2) is 11.5 Å². The fourth-order valence-corrected chi connectivity index (χ4v) is 5.27. The molecular weight excluding hydrogens is 475 g/mol. The number of aromatic nitrogens is 1. The lowest BCUT2D eigenvalue weighted by Gasteiger charge is -2.22. The molecule has 5 nitrogen and oxygen atoms in total. The molecule has 2 aliphatic heterocycles. The molecule has 3 aromatic rings. The molecule has 9 heteroatoms. The average molecular weight is 502 g/mol. The second-order valence-corrected chi connectivity index (χ2v) is 9.74. The predicted octanol–water partition coefficient (Wildman–Crippen LogP) is 6.16. The molecule has 0 bridgehead atoms. The molecule has 0 N–H and O–H groups in total. The maximum absolute atomic E-state index is 13.3. The molecule has 2 aliphatic rings. The highest BCUT2D eigenvalue weighted by molar-refractivity contribution is 7.09. The second-order valence-electron chi connectivity index (χ2n) is 8.80. The highest BCUT2D eigenvalue weighted by Gasteiger charge is 2.30. The lowest BCUT2D eigenvalue weighted by atomic mass is 10.1. The third-order valence-corrected chi connectivity index (χ3v) is 7.03. The monoisotopic (exact) mass is 501 g/mol. The van der Waals surface area contributed by atoms with Crippen molar-refractivity contribution in [2.45, 2.75) is 38.7 Å². The van der Waals surface area contributed by atoms with E-state index in [-0.39, 0.29) is 6.79 Å². The van der Waals surface area contributed by atoms with Crippen molar-refractivity contribution in [3.05, 3.63) is 81.8 Å². The quantitative estimate of drug-likeness (QED) is 0.370. The normalized spacial score (nSPS) is 15.3. The SMILES string of the molecule is C=C(c1csc(CN(Cc2cccc(C(F)(F)F)c2)Cc2ccc3c(c2)OCO3)n1)N1CCCC1. The largest absolute Gasteiger partial charge is 0.454 e. The Labute approximate surface area is 206 Å². The van der Waals surface area contributed by atoms with Crippen molar-refractivity contribution in [1.29, 1.82) is 0 Å². The van der Waals surface area contributed by atoms with E-state index in [1.807, 2.05) is 23.6 Å². The van der Waals surface area contributed by atoms with E-state index in [1.54, 1.807) is 17.4 Å². The number of hydrogen-bond donors (Lipinski definition) is 0. The molecule has 1 fully saturated rings. The molecule has 0 atom stereocenters. The van der Waals surface area contributed by atoms with Crippen LogP contribution in [0.25, 0.3) is 5.70 Å². The minimum atomic E-state index is -4.38. The number of alkyl halides is 3. The van der Waals surface area contributed by atoms with Crippen LogP contribution < -0.4 is 9.47 Å². The summed E-state index contributed by atoms with van der Waals surface area (Å²) in [6, 6.07) is 11.2. The Bertz CT molecular complexity index is 1200. The lowest BCUT2D eigenvalue weighted by molar-refractivity contribution is -0.137. The summed E-state index contributed by atoms with van der Waals surface area (Å²) >= 11 is 1.55. The zero-order valence-electron chi connectivity index (χ0n) is 19.2. The number of rotatable bonds is 8. The smallest absolute Gasteiger partial charge is 0.416 e. The first kappa shape index (κ1) is 23.7. The Kier molecular flexibility index (Phi) is 6.71. The van der Waals surface area contributed by atoms with Gasteiger partial charge in [-0.2, -0.15) is 13.2 Å². The molecule has 0 amide bonds. The molecule has 0 spiro atoms. The maximum Gasteiger partial charge on any atom is 0.416 e. The van der Waals surface area contributed by atoms with E-state index in [1.165, 1.54) is 12.1 Å². The molecule has 3 heterocycles. The van der Waals surface area contributed by atoms with Crippen LogP contribution in [0.1, 0.15) is 40.2 Å². The summed E-state index contributed by atoms with van der Waals surface area (Å²) in [5.74, 6) is 1.38. The molecule has 0 radical (unpaired) electrons. The number of thiazole rings is 1. The van der Waals surface area contributed by atoms with Gasteiger partial charge in [0.2, 0.25) is 6.79 Å². The minimum Gasteiger partial charge on any atom is -0.454 e. The van der Waals surface area contributed by atoms with E-state index in [0.29, 0.717) is 36.7 Å². The summed E-state index contributed by atoms with van der Waals surface area (Å²) in [5, 5.41) is 2.91. The third-order valence-electron chi connectivity index (χ3n) is 6.20. The van der Waals surface area contributed by atoms with E-state index in [4.69, 9.17) is 14.5 Å². The molecule has 0 unspecified atom stereocenters. The van der Waals surface area contributed by atoms with Crippen molar-refractivity contribution in [2.24, 2.45) is 0 Å². The van der Waals surface area contributed by atoms with Crippen molar-refractivity contribution in [3.8, 4) is 11.5 Å². The van der Waals surface area contributed by atoms with Crippen molar-refractivity contribution < 1.29 is 22.6 Å². The zero-order valence-corrected chi connectivity index (χ0v) is 20.0. The number of halogens is 3. The van der Waals surface area contributed by atoms with Crippen LogP contribution in [-0.2, 0) is 25.8 Å². The summed E-state index contributed by atoms with van der Waals surface area (Å²) in [7, 11) is 0. The van der Waals surface area contributed by atoms with Gasteiger partial charge in [-0.3, -0.25) is 4.90 Å². The van der Waals surface area contributed by atoms with Crippen LogP contribution in [0.3, 0.4) is 0 Å². The van der Waals surface area contributed by atoms with E-state index in [9.17, 15) is 13.2 Å². The van der Waals surface area contributed by atoms with Crippen molar-refractivity contribution in [2.75, 3.05) is 19.9 Å². The second kappa shape index (κ2) is 9.91. The van der Waals surface area contributed by atoms with E-state index in [2.05, 4.69) is 16.4 Å². The topological polar surface area (TPSA) is 37.8 Å². The van der Waals surface area contributed by atoms with Gasteiger partial charge in [-0.25, -0.2) is 4.98 Å². The number of nitrogens with zero attached hydrogens (tertiary/aromatic N) is 3. The van der Waals surface area contributed by atoms with E-state index in [0.717, 1.165) is 54.0 Å². The van der Waals surface area contributed by atoms with Gasteiger partial charge in [0.05, 0.1) is 23.5 Å². The maximum atomic E-state index is 13.3. The fourth-order valence-electron chi connectivity index (χ4n) is 4.43. The molecule has 1 aromatic heterocycles. The van der Waals surface area contributed by atoms with E-state index >= 15 is 0 Å². The average Bonchev–Trinajstić information content (AvgIpc) is 3.60. The third kappa shape index (κ3) is 5.62. The van der Waals surface area contributed by atoms with Crippen LogP contribution in [0.15, 0.2) is 54.4 Å². The van der Waals surface area contributed by atoms with Crippen LogP contribution in [0.4, 0.5) is 13.2 Å². The van der Waals surface area contributed by atoms with Crippen molar-refractivity contribution >= 4 is 17.0 Å². The molecule has 2 aromatic carbocycles. The van der Waals surface area contributed by atoms with Gasteiger partial charge in [0.1, 0.15) is 5.01 Å². The predicted molar refractivity (Wildman–Crippen MR) is 129 cm³/mol. The van der Waals surface area contributed by atoms with Crippen LogP contribution in [0.2, 0.25) is 0 Å². The number of hydrogen-bond acceptors (Lipinski definition) is 6. The van der Waals surface area contributed by atoms with Gasteiger partial charge >= 0.3 is 6.18 Å². The summed E-state index contributed by atoms with van der Waals surface area (Å²) in [4.78, 5) is 9.15. The number of ether oxygens (including phenoxy) is 2. The van der Waals surface area contributed by atoms with Crippen LogP contribution in [0.5, 0.6) is 11.5 Å². The van der Waals surface area contributed by atoms with Crippen LogP contribution in [-0.4, -0.2) is 34.7 Å². The Morgan fingerprint density at radius 2 is 1.74 bits per heavy atom. The van der Waals surface area contributed by atoms with Gasteiger partial charge in [-0.1, -0.05) is 30.8 Å². The van der Waals surface area contributed by atoms with Gasteiger partial charge < -0.3 is 14.4 Å². The lowest BCUT2D eigenvalue weighted by Crippen LogP contribution is -2.23. The van der Waals surface area contributed by atoms with Gasteiger partial charge in [0, 0.05) is 31.6 Å². The highest BCUT2D eigenvalue weighted by Crippen LogP contribution is 2.34. The van der Waals surface area contributed by atoms with Crippen LogP contribution >= 0.6 is 11.3 Å². The molecular formula is C26H26F3N3O2S. The fraction of sp³-hybridized carbons (Fsp3) is 0.346. The number of likely N-dealkylation sites (tertiary alicyclic amines) is 1. The van der Waals surface area contributed by atoms with Gasteiger partial charge in [-0.15, -0.1) is 11.3 Å². The molecule has 35 heavy (non-hydrogen) atoms. The Hall–Kier alpha value is -3.04. The Balaban J connectivity index is 1.36. The van der Waals surface area contributed by atoms with E-state index < -0.39 is 11.7 Å². The first-order valence-electron chi connectivity index (χ1n) is 11.5. The molecule has 5 rings (SSSR count). The standard InChI is InChI=1S/C26H26F3N3O2S/c1-18(32-9-2-3-10-32)22-16-35-25(30-22)15-31(13-19-5-4-6-21(11-19)26(27,28)29)14-20-7-8-23-24(12-20)34-17-33-23/h4-8,11-12,16H,1-3,9-10,13-15,17H2. The Morgan fingerprint density at radius 1 is 1.00 bits per heavy atom. The summed E-state index contributed by atoms with van der Waals surface area (Å²) in [5.41, 5.74) is 2.74. The highest BCUT2D eigenvalue weighted by atomic mass is 32.1. The van der Waals surface area contributed by atoms with Gasteiger partial charge in [-0.05, 0) is 42.2 Å². The van der Waals surface area contributed by atoms with Crippen molar-refractivity contribution in [3.63, 3.8) is 0 Å². The molecule has 184 valence electrons. The van der Waals surface area contributed by atoms with Gasteiger partial charge in [0.25, 0.3) is 0 Å².